The molecule has 1 unspecified atom stereocenters. The molecule has 118 valence electrons. The van der Waals surface area contributed by atoms with Gasteiger partial charge in [-0.15, -0.1) is 0 Å². The van der Waals surface area contributed by atoms with E-state index in [4.69, 9.17) is 9.47 Å². The largest absolute Gasteiger partial charge is 0.497 e. The van der Waals surface area contributed by atoms with Gasteiger partial charge in [-0.25, -0.2) is 0 Å². The van der Waals surface area contributed by atoms with E-state index in [1.54, 1.807) is 7.11 Å². The topological polar surface area (TPSA) is 33.7 Å². The first-order valence-corrected chi connectivity index (χ1v) is 8.04. The third kappa shape index (κ3) is 5.56. The Morgan fingerprint density at radius 2 is 2.00 bits per heavy atom. The number of benzene rings is 1. The van der Waals surface area contributed by atoms with Gasteiger partial charge in [0.15, 0.2) is 0 Å². The van der Waals surface area contributed by atoms with E-state index in [-0.39, 0.29) is 0 Å². The van der Waals surface area contributed by atoms with Gasteiger partial charge in [-0.3, -0.25) is 4.90 Å². The van der Waals surface area contributed by atoms with E-state index < -0.39 is 0 Å². The summed E-state index contributed by atoms with van der Waals surface area (Å²) in [6.45, 7) is 7.43. The second-order valence-electron chi connectivity index (χ2n) is 5.62. The number of hydrogen-bond donors (Lipinski definition) is 1. The maximum absolute atomic E-state index is 5.83. The summed E-state index contributed by atoms with van der Waals surface area (Å²) in [5.41, 5.74) is 0. The lowest BCUT2D eigenvalue weighted by Crippen LogP contribution is -2.39. The van der Waals surface area contributed by atoms with Gasteiger partial charge in [-0.05, 0) is 50.2 Å². The minimum Gasteiger partial charge on any atom is -0.497 e. The Hall–Kier alpha value is -1.26. The van der Waals surface area contributed by atoms with Crippen LogP contribution in [0.3, 0.4) is 0 Å². The normalized spacial score (nSPS) is 20.0. The van der Waals surface area contributed by atoms with Crippen LogP contribution < -0.4 is 14.8 Å². The monoisotopic (exact) mass is 292 g/mol. The van der Waals surface area contributed by atoms with Crippen LogP contribution in [-0.2, 0) is 0 Å². The molecule has 1 atom stereocenters. The number of ether oxygens (including phenoxy) is 2. The molecular weight excluding hydrogens is 264 g/mol. The minimum atomic E-state index is 0.637. The highest BCUT2D eigenvalue weighted by Crippen LogP contribution is 2.17. The van der Waals surface area contributed by atoms with E-state index in [0.717, 1.165) is 37.7 Å². The number of nitrogens with zero attached hydrogens (tertiary/aromatic N) is 1. The summed E-state index contributed by atoms with van der Waals surface area (Å²) in [7, 11) is 1.68. The number of methoxy groups -OCH3 is 1. The fraction of sp³-hybridized carbons (Fsp3) is 0.647. The van der Waals surface area contributed by atoms with E-state index >= 15 is 0 Å². The molecule has 0 saturated carbocycles. The molecule has 1 heterocycles. The standard InChI is InChI=1S/C17H28N2O2/c1-3-5-15-14-19(11-4-10-18-15)12-13-21-17-8-6-16(20-2)7-9-17/h6-9,15,18H,3-5,10-14H2,1-2H3. The lowest BCUT2D eigenvalue weighted by Gasteiger charge is -2.24. The van der Waals surface area contributed by atoms with Gasteiger partial charge < -0.3 is 14.8 Å². The third-order valence-corrected chi connectivity index (χ3v) is 3.94. The highest BCUT2D eigenvalue weighted by molar-refractivity contribution is 5.31. The lowest BCUT2D eigenvalue weighted by molar-refractivity contribution is 0.204. The molecule has 2 rings (SSSR count). The number of rotatable bonds is 7. The van der Waals surface area contributed by atoms with Crippen LogP contribution in [0.5, 0.6) is 11.5 Å². The quantitative estimate of drug-likeness (QED) is 0.837. The Labute approximate surface area is 128 Å². The molecule has 0 aliphatic carbocycles. The van der Waals surface area contributed by atoms with Crippen molar-refractivity contribution in [2.45, 2.75) is 32.2 Å². The SMILES string of the molecule is CCCC1CN(CCOc2ccc(OC)cc2)CCCN1. The van der Waals surface area contributed by atoms with E-state index in [9.17, 15) is 0 Å². The predicted molar refractivity (Wildman–Crippen MR) is 86.2 cm³/mol. The van der Waals surface area contributed by atoms with E-state index in [0.29, 0.717) is 6.04 Å². The molecule has 0 aromatic heterocycles. The zero-order valence-corrected chi connectivity index (χ0v) is 13.3. The number of hydrogen-bond acceptors (Lipinski definition) is 4. The van der Waals surface area contributed by atoms with E-state index in [1.807, 2.05) is 24.3 Å². The molecular formula is C17H28N2O2. The molecule has 1 fully saturated rings. The maximum Gasteiger partial charge on any atom is 0.119 e. The molecule has 1 aromatic carbocycles. The highest BCUT2D eigenvalue weighted by Gasteiger charge is 2.16. The molecule has 1 saturated heterocycles. The van der Waals surface area contributed by atoms with Crippen molar-refractivity contribution >= 4 is 0 Å². The van der Waals surface area contributed by atoms with Crippen LogP contribution in [0.4, 0.5) is 0 Å². The zero-order chi connectivity index (χ0) is 14.9. The van der Waals surface area contributed by atoms with Gasteiger partial charge in [-0.1, -0.05) is 13.3 Å². The first-order chi connectivity index (χ1) is 10.3. The van der Waals surface area contributed by atoms with Crippen molar-refractivity contribution in [2.75, 3.05) is 39.9 Å². The van der Waals surface area contributed by atoms with Crippen molar-refractivity contribution in [3.63, 3.8) is 0 Å². The van der Waals surface area contributed by atoms with Crippen molar-refractivity contribution in [1.82, 2.24) is 10.2 Å². The summed E-state index contributed by atoms with van der Waals surface area (Å²) in [6, 6.07) is 8.43. The summed E-state index contributed by atoms with van der Waals surface area (Å²) < 4.78 is 11.0. The van der Waals surface area contributed by atoms with Crippen molar-refractivity contribution in [1.29, 1.82) is 0 Å². The molecule has 21 heavy (non-hydrogen) atoms. The second-order valence-corrected chi connectivity index (χ2v) is 5.62. The van der Waals surface area contributed by atoms with Crippen molar-refractivity contribution in [3.05, 3.63) is 24.3 Å². The van der Waals surface area contributed by atoms with Gasteiger partial charge in [0.05, 0.1) is 7.11 Å². The van der Waals surface area contributed by atoms with Crippen molar-refractivity contribution in [3.8, 4) is 11.5 Å². The Balaban J connectivity index is 1.73. The second kappa shape index (κ2) is 8.90. The first kappa shape index (κ1) is 16.1. The third-order valence-electron chi connectivity index (χ3n) is 3.94. The van der Waals surface area contributed by atoms with Gasteiger partial charge in [0, 0.05) is 19.1 Å². The molecule has 1 N–H and O–H groups in total. The van der Waals surface area contributed by atoms with Crippen LogP contribution in [0.1, 0.15) is 26.2 Å². The highest BCUT2D eigenvalue weighted by atomic mass is 16.5. The molecule has 1 aliphatic rings. The molecule has 0 radical (unpaired) electrons. The Bertz CT molecular complexity index is 394. The van der Waals surface area contributed by atoms with Crippen LogP contribution in [0.15, 0.2) is 24.3 Å². The van der Waals surface area contributed by atoms with E-state index in [1.165, 1.54) is 25.8 Å². The summed E-state index contributed by atoms with van der Waals surface area (Å²) in [5.74, 6) is 1.78. The summed E-state index contributed by atoms with van der Waals surface area (Å²) in [6.07, 6.45) is 3.73. The van der Waals surface area contributed by atoms with E-state index in [2.05, 4.69) is 17.1 Å². The smallest absolute Gasteiger partial charge is 0.119 e. The van der Waals surface area contributed by atoms with Crippen molar-refractivity contribution in [2.24, 2.45) is 0 Å². The Morgan fingerprint density at radius 3 is 2.71 bits per heavy atom. The molecule has 1 aliphatic heterocycles. The first-order valence-electron chi connectivity index (χ1n) is 8.04. The molecule has 1 aromatic rings. The van der Waals surface area contributed by atoms with Crippen LogP contribution >= 0.6 is 0 Å². The molecule has 4 nitrogen and oxygen atoms in total. The van der Waals surface area contributed by atoms with Crippen LogP contribution in [0.25, 0.3) is 0 Å². The fourth-order valence-corrected chi connectivity index (χ4v) is 2.79. The minimum absolute atomic E-state index is 0.637. The summed E-state index contributed by atoms with van der Waals surface area (Å²) in [5, 5.41) is 3.64. The Kier molecular flexibility index (Phi) is 6.83. The van der Waals surface area contributed by atoms with Crippen molar-refractivity contribution < 1.29 is 9.47 Å². The molecule has 0 bridgehead atoms. The molecule has 0 amide bonds. The Morgan fingerprint density at radius 1 is 1.24 bits per heavy atom. The molecule has 4 heteroatoms. The summed E-state index contributed by atoms with van der Waals surface area (Å²) >= 11 is 0. The average Bonchev–Trinajstić information content (AvgIpc) is 2.74. The van der Waals surface area contributed by atoms with Gasteiger partial charge in [-0.2, -0.15) is 0 Å². The summed E-state index contributed by atoms with van der Waals surface area (Å²) in [4.78, 5) is 2.52. The van der Waals surface area contributed by atoms with Gasteiger partial charge in [0.1, 0.15) is 18.1 Å². The van der Waals surface area contributed by atoms with Gasteiger partial charge in [0.2, 0.25) is 0 Å². The average molecular weight is 292 g/mol. The van der Waals surface area contributed by atoms with Gasteiger partial charge >= 0.3 is 0 Å². The maximum atomic E-state index is 5.83. The fourth-order valence-electron chi connectivity index (χ4n) is 2.79. The predicted octanol–water partition coefficient (Wildman–Crippen LogP) is 2.54. The lowest BCUT2D eigenvalue weighted by atomic mass is 10.1. The number of nitrogens with one attached hydrogen (secondary N) is 1. The van der Waals surface area contributed by atoms with Crippen LogP contribution in [0, 0.1) is 0 Å². The van der Waals surface area contributed by atoms with Gasteiger partial charge in [0.25, 0.3) is 0 Å². The van der Waals surface area contributed by atoms with Crippen LogP contribution in [-0.4, -0.2) is 50.8 Å². The zero-order valence-electron chi connectivity index (χ0n) is 13.3. The van der Waals surface area contributed by atoms with Crippen LogP contribution in [0.2, 0.25) is 0 Å². The molecule has 0 spiro atoms.